The number of esters is 5. The summed E-state index contributed by atoms with van der Waals surface area (Å²) in [4.78, 5) is 51.8. The van der Waals surface area contributed by atoms with E-state index < -0.39 is 0 Å². The Kier molecular flexibility index (Phi) is 47.3. The molecule has 0 saturated heterocycles. The van der Waals surface area contributed by atoms with Gasteiger partial charge >= 0.3 is 29.8 Å². The van der Waals surface area contributed by atoms with Crippen molar-refractivity contribution in [2.75, 3.05) is 33.0 Å². The minimum Gasteiger partial charge on any atom is -0.466 e. The van der Waals surface area contributed by atoms with Crippen LogP contribution in [0, 0.1) is 11.8 Å². The number of hydrogen-bond donors (Lipinski definition) is 0. The molecule has 0 aliphatic heterocycles. The Hall–Kier alpha value is -2.65. The minimum atomic E-state index is -0.211. The maximum atomic E-state index is 11.0. The summed E-state index contributed by atoms with van der Waals surface area (Å²) < 4.78 is 23.3. The zero-order chi connectivity index (χ0) is 33.8. The summed E-state index contributed by atoms with van der Waals surface area (Å²) in [6, 6.07) is 0. The van der Waals surface area contributed by atoms with Gasteiger partial charge in [-0.05, 0) is 58.3 Å². The molecule has 42 heavy (non-hydrogen) atoms. The van der Waals surface area contributed by atoms with Gasteiger partial charge in [-0.2, -0.15) is 0 Å². The van der Waals surface area contributed by atoms with Gasteiger partial charge in [-0.3, -0.25) is 24.0 Å². The quantitative estimate of drug-likeness (QED) is 0.138. The Morgan fingerprint density at radius 2 is 0.976 bits per heavy atom. The average Bonchev–Trinajstić information content (AvgIpc) is 2.87. The lowest BCUT2D eigenvalue weighted by molar-refractivity contribution is -0.145. The van der Waals surface area contributed by atoms with Crippen molar-refractivity contribution < 1.29 is 47.7 Å². The third-order valence-electron chi connectivity index (χ3n) is 4.19. The highest BCUT2D eigenvalue weighted by molar-refractivity contribution is 5.70. The average molecular weight is 609 g/mol. The molecular formula is C32H64O10. The number of carbonyl (C=O) groups is 5. The number of ether oxygens (including phenoxy) is 5. The molecule has 0 unspecified atom stereocenters. The fourth-order valence-corrected chi connectivity index (χ4v) is 2.24. The van der Waals surface area contributed by atoms with Crippen molar-refractivity contribution in [1.82, 2.24) is 0 Å². The first kappa shape index (κ1) is 49.0. The van der Waals surface area contributed by atoms with Gasteiger partial charge in [0, 0.05) is 33.1 Å². The van der Waals surface area contributed by atoms with Crippen LogP contribution in [0.15, 0.2) is 0 Å². The predicted octanol–water partition coefficient (Wildman–Crippen LogP) is 7.24. The summed E-state index contributed by atoms with van der Waals surface area (Å²) in [6.07, 6.45) is 6.40. The number of hydrogen-bond acceptors (Lipinski definition) is 10. The van der Waals surface area contributed by atoms with E-state index in [1.807, 2.05) is 41.5 Å². The predicted molar refractivity (Wildman–Crippen MR) is 167 cm³/mol. The third-order valence-corrected chi connectivity index (χ3v) is 4.19. The van der Waals surface area contributed by atoms with E-state index in [9.17, 15) is 24.0 Å². The fraction of sp³-hybridized carbons (Fsp3) is 0.844. The Bertz CT molecular complexity index is 623. The van der Waals surface area contributed by atoms with Gasteiger partial charge in [-0.1, -0.05) is 54.9 Å². The maximum absolute atomic E-state index is 11.0. The molecule has 0 aliphatic rings. The van der Waals surface area contributed by atoms with E-state index in [2.05, 4.69) is 35.0 Å². The van der Waals surface area contributed by atoms with Crippen molar-refractivity contribution in [3.8, 4) is 0 Å². The van der Waals surface area contributed by atoms with Crippen molar-refractivity contribution >= 4 is 29.8 Å². The van der Waals surface area contributed by atoms with Crippen molar-refractivity contribution in [2.24, 2.45) is 11.8 Å². The molecule has 0 radical (unpaired) electrons. The Labute approximate surface area is 256 Å². The molecule has 0 bridgehead atoms. The molecule has 10 nitrogen and oxygen atoms in total. The lowest BCUT2D eigenvalue weighted by Crippen LogP contribution is -2.09. The Morgan fingerprint density at radius 3 is 1.26 bits per heavy atom. The largest absolute Gasteiger partial charge is 0.466 e. The highest BCUT2D eigenvalue weighted by atomic mass is 16.5. The normalized spacial score (nSPS) is 9.19. The summed E-state index contributed by atoms with van der Waals surface area (Å²) in [7, 11) is 0. The van der Waals surface area contributed by atoms with E-state index in [0.717, 1.165) is 32.1 Å². The monoisotopic (exact) mass is 608 g/mol. The summed E-state index contributed by atoms with van der Waals surface area (Å²) >= 11 is 0. The molecule has 252 valence electrons. The molecule has 0 N–H and O–H groups in total. The van der Waals surface area contributed by atoms with Gasteiger partial charge in [0.15, 0.2) is 0 Å². The fourth-order valence-electron chi connectivity index (χ4n) is 2.24. The number of rotatable bonds is 15. The van der Waals surface area contributed by atoms with Gasteiger partial charge in [0.2, 0.25) is 0 Å². The lowest BCUT2D eigenvalue weighted by atomic mass is 10.1. The van der Waals surface area contributed by atoms with E-state index >= 15 is 0 Å². The highest BCUT2D eigenvalue weighted by Gasteiger charge is 2.05. The number of unbranched alkanes of at least 4 members (excludes halogenated alkanes) is 1. The van der Waals surface area contributed by atoms with Crippen molar-refractivity contribution in [3.63, 3.8) is 0 Å². The molecule has 0 aromatic heterocycles. The van der Waals surface area contributed by atoms with Crippen LogP contribution in [-0.2, 0) is 47.7 Å². The van der Waals surface area contributed by atoms with Crippen LogP contribution in [0.25, 0.3) is 0 Å². The Balaban J connectivity index is -0.000000139. The molecule has 0 amide bonds. The molecular weight excluding hydrogens is 544 g/mol. The summed E-state index contributed by atoms with van der Waals surface area (Å²) in [5.41, 5.74) is 0. The van der Waals surface area contributed by atoms with Crippen LogP contribution in [0.1, 0.15) is 134 Å². The molecule has 0 heterocycles. The smallest absolute Gasteiger partial charge is 0.306 e. The van der Waals surface area contributed by atoms with Crippen LogP contribution in [0.4, 0.5) is 0 Å². The molecule has 0 rings (SSSR count). The molecule has 10 heteroatoms. The third kappa shape index (κ3) is 66.0. The topological polar surface area (TPSA) is 132 Å². The van der Waals surface area contributed by atoms with E-state index in [1.165, 1.54) is 13.8 Å². The van der Waals surface area contributed by atoms with Crippen LogP contribution in [0.2, 0.25) is 0 Å². The first-order valence-corrected chi connectivity index (χ1v) is 15.4. The second kappa shape index (κ2) is 40.5. The summed E-state index contributed by atoms with van der Waals surface area (Å²) in [5.74, 6) is 0.382. The first-order valence-electron chi connectivity index (χ1n) is 15.4. The molecule has 0 aromatic rings. The second-order valence-electron chi connectivity index (χ2n) is 9.73. The molecule has 0 saturated carbocycles. The zero-order valence-electron chi connectivity index (χ0n) is 28.9. The summed E-state index contributed by atoms with van der Waals surface area (Å²) in [6.45, 7) is 25.1. The highest BCUT2D eigenvalue weighted by Crippen LogP contribution is 2.03. The van der Waals surface area contributed by atoms with Crippen LogP contribution < -0.4 is 0 Å². The van der Waals surface area contributed by atoms with Crippen LogP contribution in [-0.4, -0.2) is 62.9 Å². The maximum Gasteiger partial charge on any atom is 0.306 e. The van der Waals surface area contributed by atoms with Gasteiger partial charge in [-0.25, -0.2) is 0 Å². The molecule has 0 aromatic carbocycles. The molecule has 0 atom stereocenters. The van der Waals surface area contributed by atoms with Crippen molar-refractivity contribution in [3.05, 3.63) is 0 Å². The Morgan fingerprint density at radius 1 is 0.500 bits per heavy atom. The van der Waals surface area contributed by atoms with E-state index in [0.29, 0.717) is 64.1 Å². The summed E-state index contributed by atoms with van der Waals surface area (Å²) in [5, 5.41) is 0. The van der Waals surface area contributed by atoms with Gasteiger partial charge in [-0.15, -0.1) is 0 Å². The second-order valence-corrected chi connectivity index (χ2v) is 9.73. The van der Waals surface area contributed by atoms with Crippen LogP contribution in [0.3, 0.4) is 0 Å². The van der Waals surface area contributed by atoms with E-state index in [-0.39, 0.29) is 29.8 Å². The van der Waals surface area contributed by atoms with Crippen molar-refractivity contribution in [2.45, 2.75) is 134 Å². The van der Waals surface area contributed by atoms with E-state index in [1.54, 1.807) is 6.92 Å². The minimum absolute atomic E-state index is 0.0642. The van der Waals surface area contributed by atoms with E-state index in [4.69, 9.17) is 9.47 Å². The standard InChI is InChI=1S/C10H20O2.C7H14O2.C6H12O2.C5H10O2.C4H8O2/c1-8(2)5-6-12-10(11)7-9(3)4;1-3-5-6-7(8)9-4-2;1-3-5-6(7)8-4-2;1-3-4-7-5(2)6;1-3-6-4(2)5/h8-9H,5-7H2,1-4H3;3-6H2,1-2H3;3-5H2,1-2H3;3-4H2,1-2H3;3H2,1-2H3. The van der Waals surface area contributed by atoms with Crippen LogP contribution in [0.5, 0.6) is 0 Å². The van der Waals surface area contributed by atoms with Gasteiger partial charge in [0.25, 0.3) is 0 Å². The SMILES string of the molecule is CC(C)CCOC(=O)CC(C)C.CCCC(=O)OCC.CCCCC(=O)OCC.CCCOC(C)=O.CCOC(C)=O. The van der Waals surface area contributed by atoms with Gasteiger partial charge < -0.3 is 23.7 Å². The van der Waals surface area contributed by atoms with Crippen molar-refractivity contribution in [1.29, 1.82) is 0 Å². The lowest BCUT2D eigenvalue weighted by Gasteiger charge is -2.07. The van der Waals surface area contributed by atoms with Crippen LogP contribution >= 0.6 is 0 Å². The molecule has 0 fully saturated rings. The molecule has 0 spiro atoms. The molecule has 0 aliphatic carbocycles. The first-order chi connectivity index (χ1) is 19.7. The van der Waals surface area contributed by atoms with Gasteiger partial charge in [0.1, 0.15) is 0 Å². The zero-order valence-corrected chi connectivity index (χ0v) is 28.9. The van der Waals surface area contributed by atoms with Gasteiger partial charge in [0.05, 0.1) is 33.0 Å². The number of carbonyl (C=O) groups excluding carboxylic acids is 5.